The Bertz CT molecular complexity index is 702. The summed E-state index contributed by atoms with van der Waals surface area (Å²) in [5.41, 5.74) is -0.388. The van der Waals surface area contributed by atoms with Gasteiger partial charge >= 0.3 is 0 Å². The number of benzene rings is 1. The van der Waals surface area contributed by atoms with E-state index in [-0.39, 0.29) is 10.6 Å². The summed E-state index contributed by atoms with van der Waals surface area (Å²) in [5, 5.41) is 10.8. The molecule has 0 saturated heterocycles. The Morgan fingerprint density at radius 1 is 1.24 bits per heavy atom. The molecule has 21 heavy (non-hydrogen) atoms. The second-order valence-electron chi connectivity index (χ2n) is 5.83. The lowest BCUT2D eigenvalue weighted by Gasteiger charge is -2.18. The average Bonchev–Trinajstić information content (AvgIpc) is 2.29. The number of non-ortho nitro benzene ring substituents is 1. The van der Waals surface area contributed by atoms with Crippen LogP contribution in [0.3, 0.4) is 0 Å². The minimum atomic E-state index is -4.16. The van der Waals surface area contributed by atoms with E-state index in [1.807, 2.05) is 4.72 Å². The molecule has 0 aromatic heterocycles. The highest BCUT2D eigenvalue weighted by atomic mass is 32.2. The van der Waals surface area contributed by atoms with E-state index >= 15 is 0 Å². The monoisotopic (exact) mass is 314 g/mol. The van der Waals surface area contributed by atoms with Gasteiger partial charge in [0.15, 0.2) is 0 Å². The summed E-state index contributed by atoms with van der Waals surface area (Å²) in [5.74, 6) is -0.675. The molecule has 0 fully saturated rings. The average molecular weight is 314 g/mol. The van der Waals surface area contributed by atoms with E-state index in [2.05, 4.69) is 0 Å². The third kappa shape index (κ3) is 3.78. The van der Waals surface area contributed by atoms with Gasteiger partial charge in [0, 0.05) is 17.5 Å². The maximum absolute atomic E-state index is 12.3. The minimum absolute atomic E-state index is 0.258. The van der Waals surface area contributed by atoms with Gasteiger partial charge in [-0.25, -0.2) is 13.1 Å². The first-order chi connectivity index (χ1) is 9.36. The van der Waals surface area contributed by atoms with E-state index in [1.54, 1.807) is 27.7 Å². The lowest BCUT2D eigenvalue weighted by Crippen LogP contribution is -2.39. The van der Waals surface area contributed by atoms with Crippen LogP contribution in [-0.4, -0.2) is 19.2 Å². The smallest absolute Gasteiger partial charge is 0.271 e. The van der Waals surface area contributed by atoms with Gasteiger partial charge < -0.3 is 0 Å². The SMILES string of the molecule is Cc1cc([N+](=O)[O-])cc(S(=O)(=O)NC(=O)C(C)(C)C)c1C. The van der Waals surface area contributed by atoms with Crippen molar-refractivity contribution in [3.63, 3.8) is 0 Å². The van der Waals surface area contributed by atoms with Crippen molar-refractivity contribution in [3.05, 3.63) is 33.4 Å². The van der Waals surface area contributed by atoms with Gasteiger partial charge in [-0.1, -0.05) is 20.8 Å². The van der Waals surface area contributed by atoms with Gasteiger partial charge in [0.25, 0.3) is 15.7 Å². The van der Waals surface area contributed by atoms with Crippen LogP contribution in [0.25, 0.3) is 0 Å². The molecule has 0 heterocycles. The second kappa shape index (κ2) is 5.44. The van der Waals surface area contributed by atoms with Gasteiger partial charge in [-0.05, 0) is 25.0 Å². The van der Waals surface area contributed by atoms with Crippen LogP contribution in [-0.2, 0) is 14.8 Å². The van der Waals surface area contributed by atoms with E-state index in [1.165, 1.54) is 13.0 Å². The largest absolute Gasteiger partial charge is 0.273 e. The molecule has 1 amide bonds. The van der Waals surface area contributed by atoms with E-state index in [0.29, 0.717) is 11.1 Å². The third-order valence-corrected chi connectivity index (χ3v) is 4.47. The molecule has 0 saturated carbocycles. The van der Waals surface area contributed by atoms with Crippen molar-refractivity contribution < 1.29 is 18.1 Å². The lowest BCUT2D eigenvalue weighted by molar-refractivity contribution is -0.385. The molecule has 0 atom stereocenters. The van der Waals surface area contributed by atoms with Gasteiger partial charge in [-0.3, -0.25) is 14.9 Å². The summed E-state index contributed by atoms with van der Waals surface area (Å²) in [6, 6.07) is 2.25. The molecule has 1 N–H and O–H groups in total. The topological polar surface area (TPSA) is 106 Å². The molecule has 0 aliphatic heterocycles. The van der Waals surface area contributed by atoms with Crippen molar-refractivity contribution in [2.75, 3.05) is 0 Å². The normalized spacial score (nSPS) is 12.0. The Labute approximate surface area is 123 Å². The van der Waals surface area contributed by atoms with Gasteiger partial charge in [-0.2, -0.15) is 0 Å². The molecule has 0 bridgehead atoms. The molecular formula is C13H18N2O5S. The summed E-state index contributed by atoms with van der Waals surface area (Å²) < 4.78 is 26.5. The van der Waals surface area contributed by atoms with Crippen LogP contribution in [0, 0.1) is 29.4 Å². The number of carbonyl (C=O) groups excluding carboxylic acids is 1. The summed E-state index contributed by atoms with van der Waals surface area (Å²) in [6.07, 6.45) is 0. The number of nitrogens with zero attached hydrogens (tertiary/aromatic N) is 1. The van der Waals surface area contributed by atoms with Crippen LogP contribution in [0.5, 0.6) is 0 Å². The molecule has 0 aliphatic rings. The predicted molar refractivity (Wildman–Crippen MR) is 77.4 cm³/mol. The van der Waals surface area contributed by atoms with Crippen molar-refractivity contribution in [2.24, 2.45) is 5.41 Å². The molecule has 8 heteroatoms. The molecule has 1 aromatic rings. The van der Waals surface area contributed by atoms with E-state index < -0.39 is 26.3 Å². The molecule has 0 aliphatic carbocycles. The highest BCUT2D eigenvalue weighted by Crippen LogP contribution is 2.26. The second-order valence-corrected chi connectivity index (χ2v) is 7.48. The van der Waals surface area contributed by atoms with Gasteiger partial charge in [0.2, 0.25) is 5.91 Å². The van der Waals surface area contributed by atoms with Crippen molar-refractivity contribution in [2.45, 2.75) is 39.5 Å². The van der Waals surface area contributed by atoms with Crippen molar-refractivity contribution >= 4 is 21.6 Å². The number of rotatable bonds is 3. The number of hydrogen-bond donors (Lipinski definition) is 1. The third-order valence-electron chi connectivity index (χ3n) is 3.01. The molecule has 0 spiro atoms. The summed E-state index contributed by atoms with van der Waals surface area (Å²) >= 11 is 0. The number of aryl methyl sites for hydroxylation is 1. The first kappa shape index (κ1) is 17.1. The standard InChI is InChI=1S/C13H18N2O5S/c1-8-6-10(15(17)18)7-11(9(8)2)21(19,20)14-12(16)13(3,4)5/h6-7H,1-5H3,(H,14,16). The summed E-state index contributed by atoms with van der Waals surface area (Å²) in [4.78, 5) is 21.8. The molecular weight excluding hydrogens is 296 g/mol. The van der Waals surface area contributed by atoms with Crippen molar-refractivity contribution in [1.82, 2.24) is 4.72 Å². The number of nitrogens with one attached hydrogen (secondary N) is 1. The van der Waals surface area contributed by atoms with Crippen molar-refractivity contribution in [3.8, 4) is 0 Å². The Morgan fingerprint density at radius 2 is 1.76 bits per heavy atom. The number of amides is 1. The molecule has 0 radical (unpaired) electrons. The zero-order chi connectivity index (χ0) is 16.6. The Kier molecular flexibility index (Phi) is 4.43. The number of sulfonamides is 1. The number of nitro groups is 1. The fourth-order valence-electron chi connectivity index (χ4n) is 1.52. The van der Waals surface area contributed by atoms with E-state index in [0.717, 1.165) is 6.07 Å². The number of nitro benzene ring substituents is 1. The zero-order valence-corrected chi connectivity index (χ0v) is 13.4. The van der Waals surface area contributed by atoms with Crippen molar-refractivity contribution in [1.29, 1.82) is 0 Å². The first-order valence-corrected chi connectivity index (χ1v) is 7.67. The van der Waals surface area contributed by atoms with Gasteiger partial charge in [0.1, 0.15) is 0 Å². The number of carbonyl (C=O) groups is 1. The maximum atomic E-state index is 12.3. The summed E-state index contributed by atoms with van der Waals surface area (Å²) in [6.45, 7) is 7.83. The molecule has 116 valence electrons. The fraction of sp³-hybridized carbons (Fsp3) is 0.462. The first-order valence-electron chi connectivity index (χ1n) is 6.19. The van der Waals surface area contributed by atoms with E-state index in [4.69, 9.17) is 0 Å². The lowest BCUT2D eigenvalue weighted by atomic mass is 9.96. The highest BCUT2D eigenvalue weighted by Gasteiger charge is 2.29. The fourth-order valence-corrected chi connectivity index (χ4v) is 3.02. The number of hydrogen-bond acceptors (Lipinski definition) is 5. The maximum Gasteiger partial charge on any atom is 0.271 e. The van der Waals surface area contributed by atoms with Crippen LogP contribution >= 0.6 is 0 Å². The summed E-state index contributed by atoms with van der Waals surface area (Å²) in [7, 11) is -4.16. The van der Waals surface area contributed by atoms with Crippen LogP contribution in [0.4, 0.5) is 5.69 Å². The molecule has 1 rings (SSSR count). The zero-order valence-electron chi connectivity index (χ0n) is 12.6. The Balaban J connectivity index is 3.38. The Morgan fingerprint density at radius 3 is 2.19 bits per heavy atom. The van der Waals surface area contributed by atoms with Crippen LogP contribution in [0.15, 0.2) is 17.0 Å². The van der Waals surface area contributed by atoms with Gasteiger partial charge in [-0.15, -0.1) is 0 Å². The molecule has 0 unspecified atom stereocenters. The molecule has 7 nitrogen and oxygen atoms in total. The van der Waals surface area contributed by atoms with Crippen LogP contribution in [0.2, 0.25) is 0 Å². The van der Waals surface area contributed by atoms with Crippen LogP contribution < -0.4 is 4.72 Å². The quantitative estimate of drug-likeness (QED) is 0.679. The predicted octanol–water partition coefficient (Wildman–Crippen LogP) is 2.06. The van der Waals surface area contributed by atoms with Gasteiger partial charge in [0.05, 0.1) is 9.82 Å². The minimum Gasteiger partial charge on any atom is -0.273 e. The molecule has 1 aromatic carbocycles. The van der Waals surface area contributed by atoms with E-state index in [9.17, 15) is 23.3 Å². The van der Waals surface area contributed by atoms with Crippen LogP contribution in [0.1, 0.15) is 31.9 Å². The Hall–Kier alpha value is -1.96. The highest BCUT2D eigenvalue weighted by molar-refractivity contribution is 7.90.